The second kappa shape index (κ2) is 1.97. The van der Waals surface area contributed by atoms with Crippen molar-refractivity contribution in [2.24, 2.45) is 0 Å². The van der Waals surface area contributed by atoms with Gasteiger partial charge in [-0.05, 0) is 6.08 Å². The van der Waals surface area contributed by atoms with Gasteiger partial charge in [-0.1, -0.05) is 13.2 Å². The second-order valence-electron chi connectivity index (χ2n) is 2.02. The van der Waals surface area contributed by atoms with E-state index in [-0.39, 0.29) is 0 Å². The molecule has 0 amide bonds. The summed E-state index contributed by atoms with van der Waals surface area (Å²) in [7, 11) is 1.93. The lowest BCUT2D eigenvalue weighted by Gasteiger charge is -2.23. The Morgan fingerprint density at radius 3 is 2.67 bits per heavy atom. The molecule has 0 saturated heterocycles. The van der Waals surface area contributed by atoms with E-state index in [4.69, 9.17) is 0 Å². The first-order valence-electron chi connectivity index (χ1n) is 2.76. The molecule has 0 aromatic carbocycles. The van der Waals surface area contributed by atoms with Crippen molar-refractivity contribution in [3.8, 4) is 0 Å². The SMILES string of the molecule is C=C1C=CN(C)C(=C)N1. The maximum atomic E-state index is 3.75. The highest BCUT2D eigenvalue weighted by molar-refractivity contribution is 5.22. The van der Waals surface area contributed by atoms with Gasteiger partial charge in [0.25, 0.3) is 0 Å². The first-order valence-corrected chi connectivity index (χ1v) is 2.76. The molecular formula is C7H10N2. The summed E-state index contributed by atoms with van der Waals surface area (Å²) in [6.07, 6.45) is 3.82. The third-order valence-corrected chi connectivity index (χ3v) is 1.23. The summed E-state index contributed by atoms with van der Waals surface area (Å²) in [6, 6.07) is 0. The summed E-state index contributed by atoms with van der Waals surface area (Å²) < 4.78 is 0. The van der Waals surface area contributed by atoms with E-state index in [1.54, 1.807) is 0 Å². The van der Waals surface area contributed by atoms with E-state index in [2.05, 4.69) is 18.5 Å². The monoisotopic (exact) mass is 122 g/mol. The Morgan fingerprint density at radius 2 is 2.22 bits per heavy atom. The summed E-state index contributed by atoms with van der Waals surface area (Å²) in [6.45, 7) is 7.46. The van der Waals surface area contributed by atoms with Gasteiger partial charge in [-0.15, -0.1) is 0 Å². The van der Waals surface area contributed by atoms with Crippen molar-refractivity contribution in [3.05, 3.63) is 37.0 Å². The largest absolute Gasteiger partial charge is 0.343 e. The Kier molecular flexibility index (Phi) is 1.30. The molecule has 0 aromatic heterocycles. The molecule has 0 bridgehead atoms. The minimum Gasteiger partial charge on any atom is -0.343 e. The van der Waals surface area contributed by atoms with Crippen LogP contribution < -0.4 is 5.32 Å². The lowest BCUT2D eigenvalue weighted by Crippen LogP contribution is -2.26. The van der Waals surface area contributed by atoms with Crippen LogP contribution in [0.4, 0.5) is 0 Å². The van der Waals surface area contributed by atoms with Crippen molar-refractivity contribution in [1.29, 1.82) is 0 Å². The fourth-order valence-electron chi connectivity index (χ4n) is 0.607. The zero-order chi connectivity index (χ0) is 6.85. The van der Waals surface area contributed by atoms with Crippen molar-refractivity contribution in [1.82, 2.24) is 10.2 Å². The number of hydrogen-bond acceptors (Lipinski definition) is 2. The van der Waals surface area contributed by atoms with E-state index >= 15 is 0 Å². The van der Waals surface area contributed by atoms with Gasteiger partial charge in [0.1, 0.15) is 5.82 Å². The zero-order valence-corrected chi connectivity index (χ0v) is 5.52. The van der Waals surface area contributed by atoms with Crippen LogP contribution in [-0.4, -0.2) is 11.9 Å². The van der Waals surface area contributed by atoms with Gasteiger partial charge in [0.15, 0.2) is 0 Å². The standard InChI is InChI=1S/C7H10N2/c1-6-4-5-9(3)7(2)8-6/h4-5,8H,1-2H2,3H3. The fraction of sp³-hybridized carbons (Fsp3) is 0.143. The molecule has 1 heterocycles. The molecule has 48 valence electrons. The van der Waals surface area contributed by atoms with Gasteiger partial charge in [-0.2, -0.15) is 0 Å². The Labute approximate surface area is 55.2 Å². The molecule has 1 aliphatic rings. The summed E-state index contributed by atoms with van der Waals surface area (Å²) in [5, 5.41) is 2.98. The number of nitrogens with one attached hydrogen (secondary N) is 1. The molecule has 0 fully saturated rings. The normalized spacial score (nSPS) is 18.1. The van der Waals surface area contributed by atoms with Crippen LogP contribution in [0, 0.1) is 0 Å². The van der Waals surface area contributed by atoms with E-state index in [0.717, 1.165) is 11.5 Å². The number of hydrogen-bond donors (Lipinski definition) is 1. The third kappa shape index (κ3) is 1.13. The maximum Gasteiger partial charge on any atom is 0.102 e. The highest BCUT2D eigenvalue weighted by Crippen LogP contribution is 2.05. The lowest BCUT2D eigenvalue weighted by atomic mass is 10.4. The van der Waals surface area contributed by atoms with Crippen LogP contribution in [0.25, 0.3) is 0 Å². The molecule has 0 saturated carbocycles. The molecule has 0 atom stereocenters. The smallest absolute Gasteiger partial charge is 0.102 e. The number of allylic oxidation sites excluding steroid dienone is 1. The Bertz CT molecular complexity index is 179. The minimum atomic E-state index is 0.863. The van der Waals surface area contributed by atoms with Gasteiger partial charge in [0.05, 0.1) is 0 Å². The molecule has 0 aliphatic carbocycles. The molecule has 0 aromatic rings. The molecule has 1 N–H and O–H groups in total. The highest BCUT2D eigenvalue weighted by Gasteiger charge is 2.02. The Balaban J connectivity index is 2.76. The summed E-state index contributed by atoms with van der Waals surface area (Å²) in [5.74, 6) is 0.863. The van der Waals surface area contributed by atoms with Crippen molar-refractivity contribution >= 4 is 0 Å². The van der Waals surface area contributed by atoms with Gasteiger partial charge in [-0.3, -0.25) is 0 Å². The van der Waals surface area contributed by atoms with Crippen LogP contribution in [0.5, 0.6) is 0 Å². The topological polar surface area (TPSA) is 15.3 Å². The average Bonchev–Trinajstić information content (AvgIpc) is 1.80. The molecule has 9 heavy (non-hydrogen) atoms. The van der Waals surface area contributed by atoms with E-state index in [1.165, 1.54) is 0 Å². The Hall–Kier alpha value is -1.18. The average molecular weight is 122 g/mol. The van der Waals surface area contributed by atoms with Crippen LogP contribution >= 0.6 is 0 Å². The summed E-state index contributed by atoms with van der Waals surface area (Å²) >= 11 is 0. The molecule has 0 radical (unpaired) electrons. The van der Waals surface area contributed by atoms with Crippen molar-refractivity contribution in [2.45, 2.75) is 0 Å². The molecule has 0 spiro atoms. The van der Waals surface area contributed by atoms with E-state index in [1.807, 2.05) is 24.2 Å². The molecule has 0 unspecified atom stereocenters. The first-order chi connectivity index (χ1) is 4.20. The van der Waals surface area contributed by atoms with Gasteiger partial charge < -0.3 is 10.2 Å². The summed E-state index contributed by atoms with van der Waals surface area (Å²) in [5.41, 5.74) is 0.887. The quantitative estimate of drug-likeness (QED) is 0.516. The van der Waals surface area contributed by atoms with E-state index in [0.29, 0.717) is 0 Å². The molecule has 2 nitrogen and oxygen atoms in total. The third-order valence-electron chi connectivity index (χ3n) is 1.23. The van der Waals surface area contributed by atoms with E-state index in [9.17, 15) is 0 Å². The highest BCUT2D eigenvalue weighted by atomic mass is 15.2. The van der Waals surface area contributed by atoms with E-state index < -0.39 is 0 Å². The second-order valence-corrected chi connectivity index (χ2v) is 2.02. The van der Waals surface area contributed by atoms with Crippen LogP contribution in [0.3, 0.4) is 0 Å². The summed E-state index contributed by atoms with van der Waals surface area (Å²) in [4.78, 5) is 1.90. The molecule has 1 aliphatic heterocycles. The van der Waals surface area contributed by atoms with Crippen LogP contribution in [0.2, 0.25) is 0 Å². The minimum absolute atomic E-state index is 0.863. The van der Waals surface area contributed by atoms with Crippen molar-refractivity contribution in [3.63, 3.8) is 0 Å². The van der Waals surface area contributed by atoms with Crippen molar-refractivity contribution in [2.75, 3.05) is 7.05 Å². The van der Waals surface area contributed by atoms with Gasteiger partial charge >= 0.3 is 0 Å². The predicted octanol–water partition coefficient (Wildman–Crippen LogP) is 1.02. The van der Waals surface area contributed by atoms with Crippen LogP contribution in [-0.2, 0) is 0 Å². The molecular weight excluding hydrogens is 112 g/mol. The first kappa shape index (κ1) is 5.95. The van der Waals surface area contributed by atoms with Crippen molar-refractivity contribution < 1.29 is 0 Å². The fourth-order valence-corrected chi connectivity index (χ4v) is 0.607. The number of nitrogens with zero attached hydrogens (tertiary/aromatic N) is 1. The van der Waals surface area contributed by atoms with Crippen LogP contribution in [0.15, 0.2) is 37.0 Å². The Morgan fingerprint density at radius 1 is 1.56 bits per heavy atom. The number of rotatable bonds is 0. The van der Waals surface area contributed by atoms with Crippen LogP contribution in [0.1, 0.15) is 0 Å². The molecule has 1 rings (SSSR count). The van der Waals surface area contributed by atoms with Gasteiger partial charge in [-0.25, -0.2) is 0 Å². The zero-order valence-electron chi connectivity index (χ0n) is 5.52. The van der Waals surface area contributed by atoms with Gasteiger partial charge in [0, 0.05) is 18.9 Å². The molecule has 2 heteroatoms. The maximum absolute atomic E-state index is 3.75. The lowest BCUT2D eigenvalue weighted by molar-refractivity contribution is 0.517. The van der Waals surface area contributed by atoms with Gasteiger partial charge in [0.2, 0.25) is 0 Å². The predicted molar refractivity (Wildman–Crippen MR) is 38.3 cm³/mol.